The molecule has 2 heterocycles. The minimum absolute atomic E-state index is 0.213. The van der Waals surface area contributed by atoms with Gasteiger partial charge in [-0.1, -0.05) is 5.11 Å². The van der Waals surface area contributed by atoms with Gasteiger partial charge in [0.2, 0.25) is 5.91 Å². The summed E-state index contributed by atoms with van der Waals surface area (Å²) in [6.07, 6.45) is 2.72. The molecule has 0 bridgehead atoms. The van der Waals surface area contributed by atoms with Gasteiger partial charge in [-0.15, -0.1) is 0 Å². The second kappa shape index (κ2) is 4.86. The Morgan fingerprint density at radius 1 is 1.65 bits per heavy atom. The van der Waals surface area contributed by atoms with Gasteiger partial charge in [-0.3, -0.25) is 9.48 Å². The summed E-state index contributed by atoms with van der Waals surface area (Å²) in [4.78, 5) is 15.6. The highest BCUT2D eigenvalue weighted by atomic mass is 16.3. The fraction of sp³-hybridized carbons (Fsp3) is 0.556. The Labute approximate surface area is 97.1 Å². The molecule has 1 aromatic rings. The van der Waals surface area contributed by atoms with E-state index in [1.807, 2.05) is 0 Å². The summed E-state index contributed by atoms with van der Waals surface area (Å²) in [5.41, 5.74) is 8.14. The number of azide groups is 1. The van der Waals surface area contributed by atoms with E-state index in [1.54, 1.807) is 23.1 Å². The number of carbonyl (C=O) groups excluding carboxylic acids is 1. The van der Waals surface area contributed by atoms with Crippen molar-refractivity contribution in [2.75, 3.05) is 19.6 Å². The van der Waals surface area contributed by atoms with E-state index in [0.29, 0.717) is 6.54 Å². The SMILES string of the molecule is [N-]=[N+]=NCC(=O)N1C[C@@H](O)[C@H](n2cccn2)C1. The van der Waals surface area contributed by atoms with Gasteiger partial charge in [0.05, 0.1) is 12.1 Å². The zero-order valence-corrected chi connectivity index (χ0v) is 9.05. The van der Waals surface area contributed by atoms with Crippen LogP contribution in [0.25, 0.3) is 10.4 Å². The highest BCUT2D eigenvalue weighted by Gasteiger charge is 2.34. The summed E-state index contributed by atoms with van der Waals surface area (Å²) in [6.45, 7) is 0.405. The lowest BCUT2D eigenvalue weighted by atomic mass is 10.2. The first-order valence-electron chi connectivity index (χ1n) is 5.18. The molecule has 90 valence electrons. The summed E-state index contributed by atoms with van der Waals surface area (Å²) in [7, 11) is 0. The summed E-state index contributed by atoms with van der Waals surface area (Å²) in [5, 5.41) is 17.1. The summed E-state index contributed by atoms with van der Waals surface area (Å²) in [6, 6.07) is 1.52. The van der Waals surface area contributed by atoms with E-state index in [2.05, 4.69) is 15.1 Å². The largest absolute Gasteiger partial charge is 0.389 e. The number of aromatic nitrogens is 2. The lowest BCUT2D eigenvalue weighted by molar-refractivity contribution is -0.129. The molecule has 8 heteroatoms. The molecule has 1 N–H and O–H groups in total. The summed E-state index contributed by atoms with van der Waals surface area (Å²) in [5.74, 6) is -0.281. The first kappa shape index (κ1) is 11.4. The van der Waals surface area contributed by atoms with Crippen molar-refractivity contribution in [1.29, 1.82) is 0 Å². The van der Waals surface area contributed by atoms with Gasteiger partial charge in [-0.2, -0.15) is 5.10 Å². The maximum atomic E-state index is 11.6. The maximum absolute atomic E-state index is 11.6. The Balaban J connectivity index is 2.02. The van der Waals surface area contributed by atoms with E-state index < -0.39 is 6.10 Å². The van der Waals surface area contributed by atoms with Crippen LogP contribution in [0.1, 0.15) is 6.04 Å². The van der Waals surface area contributed by atoms with Crippen LogP contribution in [0.15, 0.2) is 23.6 Å². The van der Waals surface area contributed by atoms with Crippen molar-refractivity contribution in [2.24, 2.45) is 5.11 Å². The fourth-order valence-electron chi connectivity index (χ4n) is 1.90. The normalized spacial score (nSPS) is 23.5. The third-order valence-electron chi connectivity index (χ3n) is 2.75. The Kier molecular flexibility index (Phi) is 3.27. The Hall–Kier alpha value is -2.05. The molecule has 2 atom stereocenters. The number of β-amino-alcohol motifs (C(OH)–C–C–N with tert-alkyl or cyclic N) is 1. The van der Waals surface area contributed by atoms with Crippen molar-refractivity contribution >= 4 is 5.91 Å². The van der Waals surface area contributed by atoms with Gasteiger partial charge in [0.1, 0.15) is 6.54 Å². The molecule has 0 aromatic carbocycles. The van der Waals surface area contributed by atoms with Crippen molar-refractivity contribution in [3.8, 4) is 0 Å². The van der Waals surface area contributed by atoms with Gasteiger partial charge in [-0.05, 0) is 11.6 Å². The lowest BCUT2D eigenvalue weighted by Gasteiger charge is -2.14. The van der Waals surface area contributed by atoms with Crippen LogP contribution in [0.4, 0.5) is 0 Å². The Morgan fingerprint density at radius 2 is 2.47 bits per heavy atom. The van der Waals surface area contributed by atoms with Crippen LogP contribution >= 0.6 is 0 Å². The van der Waals surface area contributed by atoms with Crippen LogP contribution in [-0.2, 0) is 4.79 Å². The molecular weight excluding hydrogens is 224 g/mol. The molecule has 0 radical (unpaired) electrons. The Bertz CT molecular complexity index is 438. The monoisotopic (exact) mass is 236 g/mol. The zero-order chi connectivity index (χ0) is 12.3. The number of hydrogen-bond acceptors (Lipinski definition) is 4. The van der Waals surface area contributed by atoms with E-state index in [4.69, 9.17) is 5.53 Å². The Morgan fingerprint density at radius 3 is 3.12 bits per heavy atom. The number of rotatable bonds is 3. The van der Waals surface area contributed by atoms with Crippen molar-refractivity contribution in [1.82, 2.24) is 14.7 Å². The third-order valence-corrected chi connectivity index (χ3v) is 2.75. The minimum Gasteiger partial charge on any atom is -0.389 e. The predicted molar refractivity (Wildman–Crippen MR) is 57.9 cm³/mol. The highest BCUT2D eigenvalue weighted by molar-refractivity contribution is 5.78. The third kappa shape index (κ3) is 2.38. The molecule has 17 heavy (non-hydrogen) atoms. The molecule has 1 fully saturated rings. The smallest absolute Gasteiger partial charge is 0.228 e. The van der Waals surface area contributed by atoms with Crippen LogP contribution in [-0.4, -0.2) is 51.4 Å². The second-order valence-electron chi connectivity index (χ2n) is 3.81. The van der Waals surface area contributed by atoms with E-state index in [0.717, 1.165) is 0 Å². The molecule has 1 aliphatic rings. The number of carbonyl (C=O) groups is 1. The number of aliphatic hydroxyl groups excluding tert-OH is 1. The molecule has 0 aliphatic carbocycles. The molecule has 0 unspecified atom stereocenters. The molecule has 2 rings (SSSR count). The average Bonchev–Trinajstić information content (AvgIpc) is 2.94. The molecule has 1 saturated heterocycles. The summed E-state index contributed by atoms with van der Waals surface area (Å²) >= 11 is 0. The van der Waals surface area contributed by atoms with Crippen molar-refractivity contribution in [2.45, 2.75) is 12.1 Å². The molecule has 0 spiro atoms. The topological polar surface area (TPSA) is 107 Å². The molecule has 1 aliphatic heterocycles. The van der Waals surface area contributed by atoms with Gasteiger partial charge in [0.15, 0.2) is 0 Å². The molecular formula is C9H12N6O2. The van der Waals surface area contributed by atoms with Crippen LogP contribution in [0, 0.1) is 0 Å². The molecule has 1 aromatic heterocycles. The standard InChI is InChI=1S/C9H12N6O2/c10-13-11-4-9(17)14-5-7(8(16)6-14)15-3-1-2-12-15/h1-3,7-8,16H,4-6H2/t7-,8-/m1/s1. The maximum Gasteiger partial charge on any atom is 0.228 e. The van der Waals surface area contributed by atoms with Crippen LogP contribution in [0.5, 0.6) is 0 Å². The van der Waals surface area contributed by atoms with Gasteiger partial charge >= 0.3 is 0 Å². The lowest BCUT2D eigenvalue weighted by Crippen LogP contribution is -2.31. The first-order valence-corrected chi connectivity index (χ1v) is 5.18. The zero-order valence-electron chi connectivity index (χ0n) is 9.05. The molecule has 8 nitrogen and oxygen atoms in total. The van der Waals surface area contributed by atoms with Gasteiger partial charge in [0, 0.05) is 30.4 Å². The second-order valence-corrected chi connectivity index (χ2v) is 3.81. The van der Waals surface area contributed by atoms with E-state index in [1.165, 1.54) is 4.90 Å². The van der Waals surface area contributed by atoms with Crippen LogP contribution in [0.2, 0.25) is 0 Å². The van der Waals surface area contributed by atoms with E-state index in [9.17, 15) is 9.90 Å². The van der Waals surface area contributed by atoms with Gasteiger partial charge in [0.25, 0.3) is 0 Å². The number of likely N-dealkylation sites (tertiary alicyclic amines) is 1. The van der Waals surface area contributed by atoms with Crippen molar-refractivity contribution in [3.05, 3.63) is 28.9 Å². The average molecular weight is 236 g/mol. The fourth-order valence-corrected chi connectivity index (χ4v) is 1.90. The number of nitrogens with zero attached hydrogens (tertiary/aromatic N) is 6. The number of amides is 1. The van der Waals surface area contributed by atoms with Crippen LogP contribution < -0.4 is 0 Å². The first-order chi connectivity index (χ1) is 8.22. The number of aliphatic hydroxyl groups is 1. The molecule has 0 saturated carbocycles. The van der Waals surface area contributed by atoms with Gasteiger partial charge in [-0.25, -0.2) is 0 Å². The number of hydrogen-bond donors (Lipinski definition) is 1. The van der Waals surface area contributed by atoms with Crippen molar-refractivity contribution < 1.29 is 9.90 Å². The van der Waals surface area contributed by atoms with Crippen LogP contribution in [0.3, 0.4) is 0 Å². The quantitative estimate of drug-likeness (QED) is 0.451. The predicted octanol–water partition coefficient (Wildman–Crippen LogP) is -0.0624. The van der Waals surface area contributed by atoms with E-state index >= 15 is 0 Å². The summed E-state index contributed by atoms with van der Waals surface area (Å²) < 4.78 is 1.63. The van der Waals surface area contributed by atoms with E-state index in [-0.39, 0.29) is 25.0 Å². The molecule has 1 amide bonds. The van der Waals surface area contributed by atoms with Gasteiger partial charge < -0.3 is 10.0 Å². The van der Waals surface area contributed by atoms with Crippen molar-refractivity contribution in [3.63, 3.8) is 0 Å². The minimum atomic E-state index is -0.648. The highest BCUT2D eigenvalue weighted by Crippen LogP contribution is 2.21.